The molecule has 10 heteroatoms. The van der Waals surface area contributed by atoms with Crippen molar-refractivity contribution in [2.75, 3.05) is 0 Å². The van der Waals surface area contributed by atoms with Gasteiger partial charge in [-0.25, -0.2) is 4.98 Å². The van der Waals surface area contributed by atoms with Gasteiger partial charge in [0.1, 0.15) is 6.20 Å². The fourth-order valence-corrected chi connectivity index (χ4v) is 2.28. The summed E-state index contributed by atoms with van der Waals surface area (Å²) in [6.07, 6.45) is 1.87. The van der Waals surface area contributed by atoms with Gasteiger partial charge in [0.2, 0.25) is 11.6 Å². The molecular weight excluding hydrogens is 354 g/mol. The zero-order valence-electron chi connectivity index (χ0n) is 14.1. The van der Waals surface area contributed by atoms with Crippen molar-refractivity contribution in [3.05, 3.63) is 74.6 Å². The molecular formula is C17H13N5O5. The number of aromatic nitrogens is 3. The molecule has 0 N–H and O–H groups in total. The second-order valence-electron chi connectivity index (χ2n) is 5.36. The fourth-order valence-electron chi connectivity index (χ4n) is 2.28. The maximum Gasteiger partial charge on any atom is 0.406 e. The number of hydrogen-bond donors (Lipinski definition) is 0. The molecule has 0 aliphatic heterocycles. The van der Waals surface area contributed by atoms with Crippen molar-refractivity contribution in [2.45, 2.75) is 13.3 Å². The highest BCUT2D eigenvalue weighted by Crippen LogP contribution is 2.29. The van der Waals surface area contributed by atoms with E-state index in [9.17, 15) is 20.2 Å². The van der Waals surface area contributed by atoms with Crippen molar-refractivity contribution in [3.63, 3.8) is 0 Å². The van der Waals surface area contributed by atoms with Gasteiger partial charge in [-0.2, -0.15) is 4.98 Å². The minimum absolute atomic E-state index is 0.0436. The Morgan fingerprint density at radius 1 is 1.04 bits per heavy atom. The molecule has 0 saturated heterocycles. The zero-order valence-corrected chi connectivity index (χ0v) is 14.1. The molecule has 0 fully saturated rings. The summed E-state index contributed by atoms with van der Waals surface area (Å²) in [5.41, 5.74) is 1.16. The lowest BCUT2D eigenvalue weighted by atomic mass is 10.2. The average Bonchev–Trinajstić information content (AvgIpc) is 2.68. The van der Waals surface area contributed by atoms with Crippen molar-refractivity contribution >= 4 is 11.5 Å². The summed E-state index contributed by atoms with van der Waals surface area (Å²) in [7, 11) is 0. The molecule has 27 heavy (non-hydrogen) atoms. The van der Waals surface area contributed by atoms with Gasteiger partial charge in [-0.1, -0.05) is 6.92 Å². The van der Waals surface area contributed by atoms with E-state index in [0.717, 1.165) is 0 Å². The van der Waals surface area contributed by atoms with Crippen LogP contribution in [0.2, 0.25) is 0 Å². The molecule has 0 unspecified atom stereocenters. The van der Waals surface area contributed by atoms with Gasteiger partial charge < -0.3 is 14.9 Å². The molecule has 0 radical (unpaired) electrons. The molecule has 2 heterocycles. The molecule has 0 bridgehead atoms. The van der Waals surface area contributed by atoms with Crippen molar-refractivity contribution < 1.29 is 14.6 Å². The van der Waals surface area contributed by atoms with Crippen LogP contribution in [0.25, 0.3) is 11.4 Å². The van der Waals surface area contributed by atoms with Crippen LogP contribution in [-0.4, -0.2) is 24.8 Å². The molecule has 0 spiro atoms. The SMILES string of the molecule is CCc1cc(Oc2cccnc2[N+](=O)[O-])nc(-c2ccc([N+](=O)[O-])cc2)n1. The molecule has 3 aromatic rings. The van der Waals surface area contributed by atoms with Gasteiger partial charge in [-0.05, 0) is 40.6 Å². The van der Waals surface area contributed by atoms with E-state index >= 15 is 0 Å². The Kier molecular flexibility index (Phi) is 4.97. The highest BCUT2D eigenvalue weighted by atomic mass is 16.6. The fraction of sp³-hybridized carbons (Fsp3) is 0.118. The van der Waals surface area contributed by atoms with Crippen LogP contribution >= 0.6 is 0 Å². The molecule has 0 aliphatic carbocycles. The Hall–Kier alpha value is -3.95. The van der Waals surface area contributed by atoms with Crippen molar-refractivity contribution in [1.29, 1.82) is 0 Å². The number of benzene rings is 1. The second kappa shape index (κ2) is 7.52. The van der Waals surface area contributed by atoms with E-state index < -0.39 is 15.7 Å². The topological polar surface area (TPSA) is 134 Å². The van der Waals surface area contributed by atoms with Crippen molar-refractivity contribution in [2.24, 2.45) is 0 Å². The van der Waals surface area contributed by atoms with Gasteiger partial charge in [0.15, 0.2) is 5.82 Å². The van der Waals surface area contributed by atoms with E-state index in [1.165, 1.54) is 42.6 Å². The molecule has 0 saturated carbocycles. The first-order chi connectivity index (χ1) is 13.0. The number of hydrogen-bond acceptors (Lipinski definition) is 8. The first kappa shape index (κ1) is 17.9. The van der Waals surface area contributed by atoms with Gasteiger partial charge in [-0.3, -0.25) is 10.1 Å². The van der Waals surface area contributed by atoms with E-state index in [2.05, 4.69) is 15.0 Å². The van der Waals surface area contributed by atoms with E-state index in [4.69, 9.17) is 4.74 Å². The molecule has 0 atom stereocenters. The zero-order chi connectivity index (χ0) is 19.4. The molecule has 0 aliphatic rings. The third-order valence-corrected chi connectivity index (χ3v) is 3.59. The summed E-state index contributed by atoms with van der Waals surface area (Å²) in [4.78, 5) is 33.1. The van der Waals surface area contributed by atoms with Crippen molar-refractivity contribution in [1.82, 2.24) is 15.0 Å². The smallest absolute Gasteiger partial charge is 0.406 e. The molecule has 136 valence electrons. The number of aryl methyl sites for hydroxylation is 1. The lowest BCUT2D eigenvalue weighted by Crippen LogP contribution is -2.00. The van der Waals surface area contributed by atoms with Crippen LogP contribution in [-0.2, 0) is 6.42 Å². The van der Waals surface area contributed by atoms with Crippen LogP contribution in [0.15, 0.2) is 48.7 Å². The quantitative estimate of drug-likeness (QED) is 0.475. The van der Waals surface area contributed by atoms with E-state index in [1.54, 1.807) is 6.07 Å². The number of ether oxygens (including phenoxy) is 1. The van der Waals surface area contributed by atoms with Crippen LogP contribution in [0.4, 0.5) is 11.5 Å². The molecule has 1 aromatic carbocycles. The number of non-ortho nitro benzene ring substituents is 1. The molecule has 3 rings (SSSR count). The first-order valence-electron chi connectivity index (χ1n) is 7.88. The normalized spacial score (nSPS) is 10.4. The Labute approximate surface area is 152 Å². The maximum absolute atomic E-state index is 11.1. The van der Waals surface area contributed by atoms with Crippen molar-refractivity contribution in [3.8, 4) is 23.0 Å². The Morgan fingerprint density at radius 3 is 2.41 bits per heavy atom. The number of nitro groups is 2. The average molecular weight is 367 g/mol. The summed E-state index contributed by atoms with van der Waals surface area (Å²) < 4.78 is 5.57. The van der Waals surface area contributed by atoms with Gasteiger partial charge in [0.05, 0.1) is 4.92 Å². The van der Waals surface area contributed by atoms with Crippen LogP contribution in [0.3, 0.4) is 0 Å². The number of nitrogens with zero attached hydrogens (tertiary/aromatic N) is 5. The highest BCUT2D eigenvalue weighted by molar-refractivity contribution is 5.58. The Bertz CT molecular complexity index is 1010. The number of rotatable bonds is 6. The first-order valence-corrected chi connectivity index (χ1v) is 7.88. The number of pyridine rings is 1. The van der Waals surface area contributed by atoms with Crippen LogP contribution < -0.4 is 4.74 Å². The van der Waals surface area contributed by atoms with Gasteiger partial charge in [-0.15, -0.1) is 0 Å². The highest BCUT2D eigenvalue weighted by Gasteiger charge is 2.18. The molecule has 0 amide bonds. The van der Waals surface area contributed by atoms with Gasteiger partial charge in [0, 0.05) is 29.5 Å². The molecule has 10 nitrogen and oxygen atoms in total. The summed E-state index contributed by atoms with van der Waals surface area (Å²) in [5.74, 6) is -0.0546. The third kappa shape index (κ3) is 4.00. The maximum atomic E-state index is 11.1. The van der Waals surface area contributed by atoms with Gasteiger partial charge in [0.25, 0.3) is 5.69 Å². The van der Waals surface area contributed by atoms with Crippen LogP contribution in [0.5, 0.6) is 11.6 Å². The Balaban J connectivity index is 1.99. The Morgan fingerprint density at radius 2 is 1.78 bits per heavy atom. The second-order valence-corrected chi connectivity index (χ2v) is 5.36. The van der Waals surface area contributed by atoms with Crippen LogP contribution in [0, 0.1) is 20.2 Å². The predicted octanol–water partition coefficient (Wildman–Crippen LogP) is 3.71. The largest absolute Gasteiger partial charge is 0.430 e. The predicted molar refractivity (Wildman–Crippen MR) is 94.5 cm³/mol. The lowest BCUT2D eigenvalue weighted by molar-refractivity contribution is -0.390. The monoisotopic (exact) mass is 367 g/mol. The number of nitro benzene ring substituents is 1. The standard InChI is InChI=1S/C17H13N5O5/c1-2-12-10-15(27-14-4-3-9-18-17(14)22(25)26)20-16(19-12)11-5-7-13(8-6-11)21(23)24/h3-10H,2H2,1H3. The minimum Gasteiger partial charge on any atom is -0.430 e. The third-order valence-electron chi connectivity index (χ3n) is 3.59. The summed E-state index contributed by atoms with van der Waals surface area (Å²) >= 11 is 0. The van der Waals surface area contributed by atoms with E-state index in [1.807, 2.05) is 6.92 Å². The molecule has 2 aromatic heterocycles. The summed E-state index contributed by atoms with van der Waals surface area (Å²) in [5, 5.41) is 21.9. The minimum atomic E-state index is -0.644. The summed E-state index contributed by atoms with van der Waals surface area (Å²) in [6.45, 7) is 1.89. The van der Waals surface area contributed by atoms with Crippen LogP contribution in [0.1, 0.15) is 12.6 Å². The summed E-state index contributed by atoms with van der Waals surface area (Å²) in [6, 6.07) is 10.3. The van der Waals surface area contributed by atoms with Gasteiger partial charge >= 0.3 is 5.82 Å². The lowest BCUT2D eigenvalue weighted by Gasteiger charge is -2.08. The van der Waals surface area contributed by atoms with E-state index in [-0.39, 0.29) is 17.3 Å². The van der Waals surface area contributed by atoms with E-state index in [0.29, 0.717) is 23.5 Å².